The second-order valence-corrected chi connectivity index (χ2v) is 5.79. The minimum absolute atomic E-state index is 0.499. The molecule has 1 aliphatic heterocycles. The van der Waals surface area contributed by atoms with Crippen LogP contribution in [0.3, 0.4) is 0 Å². The highest BCUT2D eigenvalue weighted by Gasteiger charge is 2.39. The summed E-state index contributed by atoms with van der Waals surface area (Å²) in [7, 11) is 0. The molecule has 1 saturated heterocycles. The Balaban J connectivity index is 1.45. The Hall–Kier alpha value is -2.58. The van der Waals surface area contributed by atoms with Crippen molar-refractivity contribution in [2.24, 2.45) is 0 Å². The molecule has 0 spiro atoms. The Morgan fingerprint density at radius 2 is 2.13 bits per heavy atom. The van der Waals surface area contributed by atoms with Gasteiger partial charge in [0.2, 0.25) is 0 Å². The predicted molar refractivity (Wildman–Crippen MR) is 81.5 cm³/mol. The molecule has 0 radical (unpaired) electrons. The first-order valence-electron chi connectivity index (χ1n) is 7.50. The average molecular weight is 311 g/mol. The number of para-hydroxylation sites is 1. The van der Waals surface area contributed by atoms with Gasteiger partial charge in [0.25, 0.3) is 0 Å². The van der Waals surface area contributed by atoms with E-state index in [9.17, 15) is 5.11 Å². The molecule has 1 aromatic carbocycles. The van der Waals surface area contributed by atoms with Gasteiger partial charge >= 0.3 is 0 Å². The number of nitrogens with zero attached hydrogens (tertiary/aromatic N) is 6. The standard InChI is InChI=1S/C15H17N7O/c23-15(13-8-17-20-18-13)6-7-21(10-15)9-14-16-11-22(19-14)12-4-2-1-3-5-12/h1-5,8,11,23H,6-7,9-10H2,(H,17,18,20). The Morgan fingerprint density at radius 1 is 1.26 bits per heavy atom. The van der Waals surface area contributed by atoms with Crippen molar-refractivity contribution in [2.75, 3.05) is 13.1 Å². The summed E-state index contributed by atoms with van der Waals surface area (Å²) < 4.78 is 1.76. The van der Waals surface area contributed by atoms with Crippen molar-refractivity contribution in [3.63, 3.8) is 0 Å². The van der Waals surface area contributed by atoms with Gasteiger partial charge in [-0.2, -0.15) is 15.4 Å². The number of benzene rings is 1. The summed E-state index contributed by atoms with van der Waals surface area (Å²) in [6.45, 7) is 1.86. The maximum absolute atomic E-state index is 10.7. The zero-order valence-corrected chi connectivity index (χ0v) is 12.5. The third kappa shape index (κ3) is 2.73. The molecule has 0 aliphatic carbocycles. The van der Waals surface area contributed by atoms with Crippen LogP contribution in [-0.2, 0) is 12.1 Å². The normalized spacial score (nSPS) is 21.8. The van der Waals surface area contributed by atoms with E-state index in [1.54, 1.807) is 17.2 Å². The van der Waals surface area contributed by atoms with Gasteiger partial charge in [-0.25, -0.2) is 9.67 Å². The zero-order chi connectivity index (χ0) is 15.7. The van der Waals surface area contributed by atoms with Crippen LogP contribution >= 0.6 is 0 Å². The van der Waals surface area contributed by atoms with Crippen molar-refractivity contribution in [1.29, 1.82) is 0 Å². The van der Waals surface area contributed by atoms with Gasteiger partial charge in [0, 0.05) is 13.1 Å². The van der Waals surface area contributed by atoms with Crippen molar-refractivity contribution >= 4 is 0 Å². The smallest absolute Gasteiger partial charge is 0.164 e. The molecule has 1 unspecified atom stereocenters. The fourth-order valence-corrected chi connectivity index (χ4v) is 2.92. The number of aliphatic hydroxyl groups is 1. The topological polar surface area (TPSA) is 95.8 Å². The lowest BCUT2D eigenvalue weighted by molar-refractivity contribution is 0.0406. The lowest BCUT2D eigenvalue weighted by Crippen LogP contribution is -2.31. The Bertz CT molecular complexity index is 770. The largest absolute Gasteiger partial charge is 0.382 e. The van der Waals surface area contributed by atoms with Crippen LogP contribution < -0.4 is 0 Å². The van der Waals surface area contributed by atoms with Crippen LogP contribution in [0.15, 0.2) is 42.9 Å². The third-order valence-electron chi connectivity index (χ3n) is 4.14. The van der Waals surface area contributed by atoms with Gasteiger partial charge < -0.3 is 5.11 Å². The molecule has 118 valence electrons. The first-order valence-corrected chi connectivity index (χ1v) is 7.50. The summed E-state index contributed by atoms with van der Waals surface area (Å²) >= 11 is 0. The summed E-state index contributed by atoms with van der Waals surface area (Å²) in [6.07, 6.45) is 3.91. The fraction of sp³-hybridized carbons (Fsp3) is 0.333. The van der Waals surface area contributed by atoms with E-state index in [-0.39, 0.29) is 0 Å². The molecule has 1 atom stereocenters. The van der Waals surface area contributed by atoms with E-state index in [0.29, 0.717) is 25.2 Å². The van der Waals surface area contributed by atoms with Crippen LogP contribution in [0.1, 0.15) is 17.9 Å². The Morgan fingerprint density at radius 3 is 2.91 bits per heavy atom. The Labute approximate surface area is 132 Å². The van der Waals surface area contributed by atoms with Gasteiger partial charge in [-0.15, -0.1) is 5.10 Å². The van der Waals surface area contributed by atoms with Crippen LogP contribution in [0.5, 0.6) is 0 Å². The predicted octanol–water partition coefficient (Wildman–Crippen LogP) is 0.479. The van der Waals surface area contributed by atoms with Gasteiger partial charge in [-0.3, -0.25) is 4.90 Å². The number of aromatic amines is 1. The SMILES string of the molecule is OC1(c2cn[nH]n2)CCN(Cc2ncn(-c3ccccc3)n2)C1. The molecule has 1 aliphatic rings. The molecule has 0 bridgehead atoms. The van der Waals surface area contributed by atoms with Crippen LogP contribution in [-0.4, -0.2) is 53.3 Å². The van der Waals surface area contributed by atoms with E-state index < -0.39 is 5.60 Å². The molecular weight excluding hydrogens is 294 g/mol. The maximum Gasteiger partial charge on any atom is 0.164 e. The molecule has 0 saturated carbocycles. The van der Waals surface area contributed by atoms with Gasteiger partial charge in [-0.1, -0.05) is 18.2 Å². The molecule has 3 aromatic rings. The molecule has 0 amide bonds. The quantitative estimate of drug-likeness (QED) is 0.727. The number of hydrogen-bond donors (Lipinski definition) is 2. The third-order valence-corrected chi connectivity index (χ3v) is 4.14. The van der Waals surface area contributed by atoms with Crippen molar-refractivity contribution in [3.8, 4) is 5.69 Å². The lowest BCUT2D eigenvalue weighted by Gasteiger charge is -2.20. The van der Waals surface area contributed by atoms with E-state index >= 15 is 0 Å². The number of H-pyrrole nitrogens is 1. The number of aromatic nitrogens is 6. The minimum Gasteiger partial charge on any atom is -0.382 e. The molecule has 23 heavy (non-hydrogen) atoms. The monoisotopic (exact) mass is 311 g/mol. The number of hydrogen-bond acceptors (Lipinski definition) is 6. The van der Waals surface area contributed by atoms with Crippen LogP contribution in [0.2, 0.25) is 0 Å². The van der Waals surface area contributed by atoms with Gasteiger partial charge in [0.1, 0.15) is 17.6 Å². The summed E-state index contributed by atoms with van der Waals surface area (Å²) in [5.41, 5.74) is 0.615. The molecule has 3 heterocycles. The van der Waals surface area contributed by atoms with Gasteiger partial charge in [-0.05, 0) is 18.6 Å². The van der Waals surface area contributed by atoms with E-state index in [0.717, 1.165) is 18.1 Å². The molecular formula is C15H17N7O. The molecule has 2 aromatic heterocycles. The van der Waals surface area contributed by atoms with E-state index in [4.69, 9.17) is 0 Å². The average Bonchev–Trinajstić information content (AvgIpc) is 3.30. The Kier molecular flexibility index (Phi) is 3.40. The molecule has 8 nitrogen and oxygen atoms in total. The van der Waals surface area contributed by atoms with Gasteiger partial charge in [0.05, 0.1) is 18.4 Å². The molecule has 2 N–H and O–H groups in total. The number of likely N-dealkylation sites (tertiary alicyclic amines) is 1. The maximum atomic E-state index is 10.7. The van der Waals surface area contributed by atoms with Crippen LogP contribution in [0, 0.1) is 0 Å². The number of rotatable bonds is 4. The second-order valence-electron chi connectivity index (χ2n) is 5.79. The molecule has 1 fully saturated rings. The molecule has 8 heteroatoms. The number of nitrogens with one attached hydrogen (secondary N) is 1. The molecule has 4 rings (SSSR count). The van der Waals surface area contributed by atoms with Crippen molar-refractivity contribution in [1.82, 2.24) is 35.1 Å². The van der Waals surface area contributed by atoms with Crippen molar-refractivity contribution in [2.45, 2.75) is 18.6 Å². The van der Waals surface area contributed by atoms with Crippen molar-refractivity contribution in [3.05, 3.63) is 54.4 Å². The van der Waals surface area contributed by atoms with E-state index in [1.807, 2.05) is 30.3 Å². The second kappa shape index (κ2) is 5.56. The summed E-state index contributed by atoms with van der Waals surface area (Å²) in [5, 5.41) is 25.5. The highest BCUT2D eigenvalue weighted by Crippen LogP contribution is 2.30. The fourth-order valence-electron chi connectivity index (χ4n) is 2.92. The van der Waals surface area contributed by atoms with Crippen molar-refractivity contribution < 1.29 is 5.11 Å². The van der Waals surface area contributed by atoms with E-state index in [1.165, 1.54) is 0 Å². The highest BCUT2D eigenvalue weighted by molar-refractivity contribution is 5.29. The summed E-state index contributed by atoms with van der Waals surface area (Å²) in [6, 6.07) is 9.87. The summed E-state index contributed by atoms with van der Waals surface area (Å²) in [4.78, 5) is 6.49. The van der Waals surface area contributed by atoms with Crippen LogP contribution in [0.25, 0.3) is 5.69 Å². The first kappa shape index (κ1) is 14.0. The highest BCUT2D eigenvalue weighted by atomic mass is 16.3. The van der Waals surface area contributed by atoms with E-state index in [2.05, 4.69) is 30.4 Å². The minimum atomic E-state index is -0.949. The van der Waals surface area contributed by atoms with Crippen LogP contribution in [0.4, 0.5) is 0 Å². The summed E-state index contributed by atoms with van der Waals surface area (Å²) in [5.74, 6) is 0.734. The first-order chi connectivity index (χ1) is 11.2. The van der Waals surface area contributed by atoms with Gasteiger partial charge in [0.15, 0.2) is 5.82 Å². The zero-order valence-electron chi connectivity index (χ0n) is 12.5. The number of β-amino-alcohol motifs (C(OH)–C–C–N with tert-alkyl or cyclic N) is 1. The lowest BCUT2D eigenvalue weighted by atomic mass is 10.0.